The van der Waals surface area contributed by atoms with Crippen LogP contribution in [0.25, 0.3) is 0 Å². The van der Waals surface area contributed by atoms with Gasteiger partial charge in [-0.15, -0.1) is 11.3 Å². The standard InChI is InChI=1S/C19H16ClN3O6S/c20-16-4-3-15(30-16)17(24)21-8-14-12-9-28-13-7-10(22-5-6-27-18(22)25)1-2-11(13)23(12)19(26)29-14/h1-4,7,12,14H,5-6,8-9H2,(H,21,24)/t12-,14?/m0/s1. The number of nitrogens with zero attached hydrogens (tertiary/aromatic N) is 2. The summed E-state index contributed by atoms with van der Waals surface area (Å²) in [5.74, 6) is 0.207. The lowest BCUT2D eigenvalue weighted by molar-refractivity contribution is 0.0890. The molecular formula is C19H16ClN3O6S. The topological polar surface area (TPSA) is 97.4 Å². The van der Waals surface area contributed by atoms with Gasteiger partial charge < -0.3 is 19.5 Å². The smallest absolute Gasteiger partial charge is 0.415 e. The fourth-order valence-corrected chi connectivity index (χ4v) is 4.67. The van der Waals surface area contributed by atoms with Crippen molar-refractivity contribution in [3.05, 3.63) is 39.5 Å². The SMILES string of the molecule is O=C(NCC1OC(=O)N2c3ccc(N4CCOC4=O)cc3OC[C@@H]12)c1ccc(Cl)s1. The van der Waals surface area contributed by atoms with Crippen LogP contribution in [0.2, 0.25) is 4.34 Å². The van der Waals surface area contributed by atoms with Crippen LogP contribution in [0.1, 0.15) is 9.67 Å². The highest BCUT2D eigenvalue weighted by atomic mass is 35.5. The van der Waals surface area contributed by atoms with E-state index in [0.29, 0.717) is 39.5 Å². The fourth-order valence-electron chi connectivity index (χ4n) is 3.71. The number of amides is 3. The van der Waals surface area contributed by atoms with E-state index in [9.17, 15) is 14.4 Å². The van der Waals surface area contributed by atoms with Gasteiger partial charge in [0.1, 0.15) is 31.1 Å². The zero-order valence-corrected chi connectivity index (χ0v) is 17.1. The molecule has 1 aromatic heterocycles. The van der Waals surface area contributed by atoms with Crippen molar-refractivity contribution in [2.24, 2.45) is 0 Å². The van der Waals surface area contributed by atoms with E-state index in [1.54, 1.807) is 30.3 Å². The first-order valence-corrected chi connectivity index (χ1v) is 10.5. The number of anilines is 2. The minimum absolute atomic E-state index is 0.150. The molecule has 0 radical (unpaired) electrons. The van der Waals surface area contributed by atoms with Crippen LogP contribution in [0.5, 0.6) is 5.75 Å². The zero-order chi connectivity index (χ0) is 20.8. The Balaban J connectivity index is 1.31. The Morgan fingerprint density at radius 3 is 2.80 bits per heavy atom. The summed E-state index contributed by atoms with van der Waals surface area (Å²) in [6, 6.07) is 8.09. The van der Waals surface area contributed by atoms with E-state index in [-0.39, 0.29) is 25.1 Å². The summed E-state index contributed by atoms with van der Waals surface area (Å²) >= 11 is 7.05. The molecule has 0 spiro atoms. The minimum atomic E-state index is -0.557. The van der Waals surface area contributed by atoms with Crippen molar-refractivity contribution in [3.63, 3.8) is 0 Å². The van der Waals surface area contributed by atoms with E-state index in [2.05, 4.69) is 5.32 Å². The minimum Gasteiger partial charge on any atom is -0.489 e. The molecule has 4 heterocycles. The monoisotopic (exact) mass is 449 g/mol. The van der Waals surface area contributed by atoms with Gasteiger partial charge in [0.05, 0.1) is 33.7 Å². The molecule has 30 heavy (non-hydrogen) atoms. The summed E-state index contributed by atoms with van der Waals surface area (Å²) in [5.41, 5.74) is 1.20. The van der Waals surface area contributed by atoms with Crippen LogP contribution in [0, 0.1) is 0 Å². The highest BCUT2D eigenvalue weighted by Gasteiger charge is 2.46. The maximum Gasteiger partial charge on any atom is 0.415 e. The largest absolute Gasteiger partial charge is 0.489 e. The van der Waals surface area contributed by atoms with Crippen molar-refractivity contribution in [3.8, 4) is 5.75 Å². The van der Waals surface area contributed by atoms with Crippen molar-refractivity contribution >= 4 is 52.4 Å². The van der Waals surface area contributed by atoms with Gasteiger partial charge in [0.15, 0.2) is 0 Å². The lowest BCUT2D eigenvalue weighted by Crippen LogP contribution is -2.47. The van der Waals surface area contributed by atoms with Crippen LogP contribution in [0.4, 0.5) is 21.0 Å². The first kappa shape index (κ1) is 19.0. The van der Waals surface area contributed by atoms with E-state index >= 15 is 0 Å². The maximum atomic E-state index is 12.5. The normalized spacial score (nSPS) is 22.2. The molecule has 0 aliphatic carbocycles. The number of fused-ring (bicyclic) bond motifs is 3. The average molecular weight is 450 g/mol. The fraction of sp³-hybridized carbons (Fsp3) is 0.316. The number of halogens is 1. The number of rotatable bonds is 4. The second kappa shape index (κ2) is 7.37. The molecule has 2 saturated heterocycles. The van der Waals surface area contributed by atoms with Gasteiger partial charge in [-0.25, -0.2) is 9.59 Å². The number of carbonyl (C=O) groups excluding carboxylic acids is 3. The molecule has 9 nitrogen and oxygen atoms in total. The van der Waals surface area contributed by atoms with Gasteiger partial charge in [0, 0.05) is 6.07 Å². The maximum absolute atomic E-state index is 12.5. The van der Waals surface area contributed by atoms with E-state index in [0.717, 1.165) is 0 Å². The molecule has 11 heteroatoms. The van der Waals surface area contributed by atoms with Crippen LogP contribution in [0.3, 0.4) is 0 Å². The molecule has 3 aliphatic heterocycles. The number of cyclic esters (lactones) is 2. The van der Waals surface area contributed by atoms with Crippen LogP contribution in [0.15, 0.2) is 30.3 Å². The van der Waals surface area contributed by atoms with Gasteiger partial charge in [-0.2, -0.15) is 0 Å². The first-order chi connectivity index (χ1) is 14.5. The van der Waals surface area contributed by atoms with Crippen molar-refractivity contribution in [2.45, 2.75) is 12.1 Å². The van der Waals surface area contributed by atoms with Gasteiger partial charge in [0.2, 0.25) is 0 Å². The van der Waals surface area contributed by atoms with E-state index in [4.69, 9.17) is 25.8 Å². The molecule has 3 amide bonds. The molecule has 1 unspecified atom stereocenters. The van der Waals surface area contributed by atoms with Crippen molar-refractivity contribution < 1.29 is 28.6 Å². The number of benzene rings is 1. The molecule has 1 N–H and O–H groups in total. The van der Waals surface area contributed by atoms with Gasteiger partial charge in [-0.3, -0.25) is 14.6 Å². The summed E-state index contributed by atoms with van der Waals surface area (Å²) in [6.45, 7) is 1.15. The Hall–Kier alpha value is -2.98. The number of hydrogen-bond donors (Lipinski definition) is 1. The summed E-state index contributed by atoms with van der Waals surface area (Å²) in [7, 11) is 0. The zero-order valence-electron chi connectivity index (χ0n) is 15.5. The predicted molar refractivity (Wildman–Crippen MR) is 109 cm³/mol. The summed E-state index contributed by atoms with van der Waals surface area (Å²) in [5, 5.41) is 2.78. The summed E-state index contributed by atoms with van der Waals surface area (Å²) in [4.78, 5) is 40.1. The van der Waals surface area contributed by atoms with Crippen LogP contribution >= 0.6 is 22.9 Å². The van der Waals surface area contributed by atoms with E-state index in [1.165, 1.54) is 21.1 Å². The Morgan fingerprint density at radius 2 is 2.07 bits per heavy atom. The quantitative estimate of drug-likeness (QED) is 0.770. The van der Waals surface area contributed by atoms with Crippen LogP contribution in [-0.4, -0.2) is 56.5 Å². The molecular weight excluding hydrogens is 434 g/mol. The van der Waals surface area contributed by atoms with E-state index in [1.807, 2.05) is 0 Å². The molecule has 1 aromatic carbocycles. The molecule has 2 atom stereocenters. The number of carbonyl (C=O) groups is 3. The van der Waals surface area contributed by atoms with Crippen molar-refractivity contribution in [1.29, 1.82) is 0 Å². The number of thiophene rings is 1. The van der Waals surface area contributed by atoms with Gasteiger partial charge in [0.25, 0.3) is 5.91 Å². The molecule has 0 saturated carbocycles. The Labute approximate surface area is 180 Å². The van der Waals surface area contributed by atoms with Gasteiger partial charge >= 0.3 is 12.2 Å². The first-order valence-electron chi connectivity index (χ1n) is 9.26. The molecule has 0 bridgehead atoms. The van der Waals surface area contributed by atoms with Gasteiger partial charge in [-0.1, -0.05) is 11.6 Å². The summed E-state index contributed by atoms with van der Waals surface area (Å²) in [6.07, 6.45) is -1.47. The predicted octanol–water partition coefficient (Wildman–Crippen LogP) is 2.87. The average Bonchev–Trinajstić information content (AvgIpc) is 3.45. The highest BCUT2D eigenvalue weighted by molar-refractivity contribution is 7.18. The Morgan fingerprint density at radius 1 is 1.20 bits per heavy atom. The molecule has 156 valence electrons. The van der Waals surface area contributed by atoms with Crippen molar-refractivity contribution in [2.75, 3.05) is 36.1 Å². The highest BCUT2D eigenvalue weighted by Crippen LogP contribution is 2.41. The molecule has 2 fully saturated rings. The Kier molecular flexibility index (Phi) is 4.67. The third-order valence-corrected chi connectivity index (χ3v) is 6.39. The number of ether oxygens (including phenoxy) is 3. The number of hydrogen-bond acceptors (Lipinski definition) is 7. The Bertz CT molecular complexity index is 1040. The lowest BCUT2D eigenvalue weighted by Gasteiger charge is -2.31. The third kappa shape index (κ3) is 3.21. The van der Waals surface area contributed by atoms with Crippen LogP contribution < -0.4 is 19.9 Å². The van der Waals surface area contributed by atoms with E-state index < -0.39 is 18.3 Å². The van der Waals surface area contributed by atoms with Crippen molar-refractivity contribution in [1.82, 2.24) is 5.32 Å². The van der Waals surface area contributed by atoms with Gasteiger partial charge in [-0.05, 0) is 24.3 Å². The lowest BCUT2D eigenvalue weighted by atomic mass is 10.1. The number of nitrogens with one attached hydrogen (secondary N) is 1. The second-order valence-corrected chi connectivity index (χ2v) is 8.62. The third-order valence-electron chi connectivity index (χ3n) is 5.16. The summed E-state index contributed by atoms with van der Waals surface area (Å²) < 4.78 is 16.8. The molecule has 5 rings (SSSR count). The second-order valence-electron chi connectivity index (χ2n) is 6.90. The van der Waals surface area contributed by atoms with Crippen LogP contribution in [-0.2, 0) is 9.47 Å². The molecule has 2 aromatic rings. The molecule has 3 aliphatic rings.